The summed E-state index contributed by atoms with van der Waals surface area (Å²) in [5, 5.41) is 11.7. The first-order valence-electron chi connectivity index (χ1n) is 5.75. The highest BCUT2D eigenvalue weighted by molar-refractivity contribution is 5.87. The maximum Gasteiger partial charge on any atom is 0.408 e. The molecule has 0 saturated heterocycles. The lowest BCUT2D eigenvalue weighted by Gasteiger charge is -2.42. The van der Waals surface area contributed by atoms with E-state index in [1.807, 2.05) is 6.92 Å². The van der Waals surface area contributed by atoms with Crippen LogP contribution in [0.25, 0.3) is 0 Å². The summed E-state index contributed by atoms with van der Waals surface area (Å²) in [7, 11) is 1.25. The highest BCUT2D eigenvalue weighted by atomic mass is 16.6. The van der Waals surface area contributed by atoms with Gasteiger partial charge in [-0.15, -0.1) is 0 Å². The third-order valence-corrected chi connectivity index (χ3v) is 2.82. The molecule has 17 heavy (non-hydrogen) atoms. The van der Waals surface area contributed by atoms with Crippen molar-refractivity contribution in [2.45, 2.75) is 44.2 Å². The molecule has 6 nitrogen and oxygen atoms in total. The minimum atomic E-state index is -1.11. The van der Waals surface area contributed by atoms with Crippen LogP contribution in [-0.4, -0.2) is 42.5 Å². The summed E-state index contributed by atoms with van der Waals surface area (Å²) >= 11 is 0. The van der Waals surface area contributed by atoms with Crippen molar-refractivity contribution < 1.29 is 24.2 Å². The van der Waals surface area contributed by atoms with Gasteiger partial charge in [-0.2, -0.15) is 0 Å². The first kappa shape index (κ1) is 13.8. The number of hydrogen-bond donors (Lipinski definition) is 2. The molecule has 0 atom stereocenters. The molecule has 0 radical (unpaired) electrons. The largest absolute Gasteiger partial charge is 0.467 e. The van der Waals surface area contributed by atoms with E-state index in [0.717, 1.165) is 12.8 Å². The first-order chi connectivity index (χ1) is 8.04. The number of carbonyl (C=O) groups is 2. The Kier molecular flexibility index (Phi) is 4.74. The summed E-state index contributed by atoms with van der Waals surface area (Å²) in [6.45, 7) is 2.31. The molecular formula is C11H19NO5. The van der Waals surface area contributed by atoms with Crippen LogP contribution >= 0.6 is 0 Å². The number of esters is 1. The molecule has 0 aromatic rings. The molecule has 0 aromatic carbocycles. The van der Waals surface area contributed by atoms with Crippen molar-refractivity contribution in [3.8, 4) is 0 Å². The van der Waals surface area contributed by atoms with E-state index in [9.17, 15) is 14.7 Å². The van der Waals surface area contributed by atoms with Crippen molar-refractivity contribution in [2.75, 3.05) is 13.7 Å². The number of hydrogen-bond acceptors (Lipinski definition) is 5. The molecule has 0 heterocycles. The van der Waals surface area contributed by atoms with Gasteiger partial charge in [-0.25, -0.2) is 9.59 Å². The number of alkyl carbamates (subject to hydrolysis) is 1. The monoisotopic (exact) mass is 245 g/mol. The van der Waals surface area contributed by atoms with Gasteiger partial charge in [-0.05, 0) is 6.42 Å². The number of amides is 1. The molecule has 1 rings (SSSR count). The quantitative estimate of drug-likeness (QED) is 0.546. The molecular weight excluding hydrogens is 226 g/mol. The number of aliphatic hydroxyl groups is 1. The smallest absolute Gasteiger partial charge is 0.408 e. The molecule has 1 aliphatic carbocycles. The van der Waals surface area contributed by atoms with E-state index in [0.29, 0.717) is 6.61 Å². The highest BCUT2D eigenvalue weighted by Gasteiger charge is 2.52. The Hall–Kier alpha value is -1.30. The van der Waals surface area contributed by atoms with E-state index in [-0.39, 0.29) is 12.8 Å². The van der Waals surface area contributed by atoms with Crippen molar-refractivity contribution in [2.24, 2.45) is 0 Å². The number of methoxy groups -OCH3 is 1. The van der Waals surface area contributed by atoms with Crippen molar-refractivity contribution in [3.63, 3.8) is 0 Å². The number of nitrogens with one attached hydrogen (secondary N) is 1. The van der Waals surface area contributed by atoms with Gasteiger partial charge in [0.25, 0.3) is 0 Å². The molecule has 1 saturated carbocycles. The summed E-state index contributed by atoms with van der Waals surface area (Å²) < 4.78 is 9.52. The normalized spacial score (nSPS) is 26.9. The second kappa shape index (κ2) is 5.86. The Morgan fingerprint density at radius 3 is 2.59 bits per heavy atom. The molecule has 1 amide bonds. The predicted octanol–water partition coefficient (Wildman–Crippen LogP) is 0.579. The zero-order chi connectivity index (χ0) is 12.9. The molecule has 0 unspecified atom stereocenters. The zero-order valence-electron chi connectivity index (χ0n) is 10.2. The van der Waals surface area contributed by atoms with Crippen LogP contribution < -0.4 is 5.32 Å². The Morgan fingerprint density at radius 2 is 2.12 bits per heavy atom. The van der Waals surface area contributed by atoms with E-state index >= 15 is 0 Å². The van der Waals surface area contributed by atoms with Crippen molar-refractivity contribution >= 4 is 12.1 Å². The average Bonchev–Trinajstić information content (AvgIpc) is 2.25. The maximum atomic E-state index is 11.5. The van der Waals surface area contributed by atoms with E-state index in [1.165, 1.54) is 7.11 Å². The van der Waals surface area contributed by atoms with Gasteiger partial charge in [0.1, 0.15) is 5.54 Å². The summed E-state index contributed by atoms with van der Waals surface area (Å²) in [4.78, 5) is 23.0. The van der Waals surface area contributed by atoms with Crippen LogP contribution in [0, 0.1) is 0 Å². The number of rotatable bonds is 5. The topological polar surface area (TPSA) is 84.9 Å². The average molecular weight is 245 g/mol. The fourth-order valence-electron chi connectivity index (χ4n) is 1.80. The van der Waals surface area contributed by atoms with Crippen LogP contribution in [0.15, 0.2) is 0 Å². The van der Waals surface area contributed by atoms with Gasteiger partial charge in [0.15, 0.2) is 0 Å². The van der Waals surface area contributed by atoms with Crippen molar-refractivity contribution in [1.82, 2.24) is 5.32 Å². The second-order valence-electron chi connectivity index (χ2n) is 4.25. The van der Waals surface area contributed by atoms with Crippen LogP contribution in [0.3, 0.4) is 0 Å². The zero-order valence-corrected chi connectivity index (χ0v) is 10.2. The third kappa shape index (κ3) is 3.33. The minimum Gasteiger partial charge on any atom is -0.467 e. The Labute approximate surface area is 100 Å². The molecule has 1 aliphatic rings. The van der Waals surface area contributed by atoms with E-state index in [4.69, 9.17) is 4.74 Å². The van der Waals surface area contributed by atoms with Gasteiger partial charge in [0.05, 0.1) is 19.8 Å². The Morgan fingerprint density at radius 1 is 1.47 bits per heavy atom. The van der Waals surface area contributed by atoms with Crippen molar-refractivity contribution in [3.05, 3.63) is 0 Å². The molecule has 0 aliphatic heterocycles. The van der Waals surface area contributed by atoms with E-state index in [1.54, 1.807) is 0 Å². The summed E-state index contributed by atoms with van der Waals surface area (Å²) in [5.74, 6) is -0.546. The molecule has 0 spiro atoms. The number of ether oxygens (including phenoxy) is 2. The van der Waals surface area contributed by atoms with Crippen LogP contribution in [0.5, 0.6) is 0 Å². The maximum absolute atomic E-state index is 11.5. The fourth-order valence-corrected chi connectivity index (χ4v) is 1.80. The molecule has 2 N–H and O–H groups in total. The molecule has 98 valence electrons. The number of unbranched alkanes of at least 4 members (excludes halogenated alkanes) is 1. The Balaban J connectivity index is 2.45. The predicted molar refractivity (Wildman–Crippen MR) is 59.4 cm³/mol. The lowest BCUT2D eigenvalue weighted by molar-refractivity contribution is -0.158. The fraction of sp³-hybridized carbons (Fsp3) is 0.818. The van der Waals surface area contributed by atoms with Gasteiger partial charge in [0, 0.05) is 12.8 Å². The molecule has 0 aromatic heterocycles. The highest BCUT2D eigenvalue weighted by Crippen LogP contribution is 2.33. The van der Waals surface area contributed by atoms with Gasteiger partial charge >= 0.3 is 12.1 Å². The van der Waals surface area contributed by atoms with E-state index in [2.05, 4.69) is 10.1 Å². The summed E-state index contributed by atoms with van der Waals surface area (Å²) in [5.41, 5.74) is -1.11. The summed E-state index contributed by atoms with van der Waals surface area (Å²) in [6, 6.07) is 0. The third-order valence-electron chi connectivity index (χ3n) is 2.82. The van der Waals surface area contributed by atoms with Gasteiger partial charge in [0.2, 0.25) is 0 Å². The molecule has 1 fully saturated rings. The van der Waals surface area contributed by atoms with Gasteiger partial charge < -0.3 is 19.9 Å². The van der Waals surface area contributed by atoms with Crippen LogP contribution in [0.4, 0.5) is 4.79 Å². The second-order valence-corrected chi connectivity index (χ2v) is 4.25. The number of aliphatic hydroxyl groups excluding tert-OH is 1. The summed E-state index contributed by atoms with van der Waals surface area (Å²) in [6.07, 6.45) is 0.821. The molecule has 0 bridgehead atoms. The van der Waals surface area contributed by atoms with Gasteiger partial charge in [-0.3, -0.25) is 0 Å². The minimum absolute atomic E-state index is 0.169. The van der Waals surface area contributed by atoms with E-state index < -0.39 is 23.7 Å². The van der Waals surface area contributed by atoms with Crippen LogP contribution in [0.2, 0.25) is 0 Å². The van der Waals surface area contributed by atoms with Gasteiger partial charge in [-0.1, -0.05) is 13.3 Å². The lowest BCUT2D eigenvalue weighted by Crippen LogP contribution is -2.64. The lowest BCUT2D eigenvalue weighted by atomic mass is 9.74. The first-order valence-corrected chi connectivity index (χ1v) is 5.75. The molecule has 6 heteroatoms. The van der Waals surface area contributed by atoms with Crippen LogP contribution in [-0.2, 0) is 14.3 Å². The Bertz CT molecular complexity index is 286. The van der Waals surface area contributed by atoms with Crippen LogP contribution in [0.1, 0.15) is 32.6 Å². The van der Waals surface area contributed by atoms with Crippen molar-refractivity contribution in [1.29, 1.82) is 0 Å². The SMILES string of the molecule is CCCCOC(=O)N[C@]1(C(=O)OC)C[C@H](O)C1. The number of carbonyl (C=O) groups excluding carboxylic acids is 2. The standard InChI is InChI=1S/C11H19NO5/c1-3-4-5-17-10(15)12-11(9(14)16-2)6-8(13)7-11/h8,13H,3-7H2,1-2H3,(H,12,15)/t8-,11+.